The maximum atomic E-state index is 4.70. The SMILES string of the molecule is CCC(C=Nc1ccc(C)c(C)c1)=Nc1ccc(C)c(C)c1.[Ni]. The molecule has 0 unspecified atom stereocenters. The maximum Gasteiger partial charge on any atom is 0.0636 e. The summed E-state index contributed by atoms with van der Waals surface area (Å²) in [7, 11) is 0. The zero-order chi connectivity index (χ0) is 16.1. The molecule has 0 aliphatic heterocycles. The summed E-state index contributed by atoms with van der Waals surface area (Å²) >= 11 is 0. The van der Waals surface area contributed by atoms with E-state index in [1.165, 1.54) is 22.3 Å². The number of aryl methyl sites for hydroxylation is 4. The molecule has 0 amide bonds. The van der Waals surface area contributed by atoms with Crippen molar-refractivity contribution in [3.05, 3.63) is 58.7 Å². The number of rotatable bonds is 4. The van der Waals surface area contributed by atoms with E-state index in [9.17, 15) is 0 Å². The Hall–Kier alpha value is -1.73. The third-order valence-corrected chi connectivity index (χ3v) is 3.98. The van der Waals surface area contributed by atoms with Crippen molar-refractivity contribution in [2.24, 2.45) is 9.98 Å². The smallest absolute Gasteiger partial charge is 0.0636 e. The van der Waals surface area contributed by atoms with Crippen LogP contribution in [-0.4, -0.2) is 11.9 Å². The van der Waals surface area contributed by atoms with Crippen molar-refractivity contribution in [2.75, 3.05) is 0 Å². The fourth-order valence-corrected chi connectivity index (χ4v) is 2.12. The van der Waals surface area contributed by atoms with Crippen molar-refractivity contribution in [2.45, 2.75) is 41.0 Å². The minimum absolute atomic E-state index is 0. The van der Waals surface area contributed by atoms with Crippen molar-refractivity contribution in [1.29, 1.82) is 0 Å². The Morgan fingerprint density at radius 3 is 1.87 bits per heavy atom. The Morgan fingerprint density at radius 1 is 0.826 bits per heavy atom. The number of hydrogen-bond acceptors (Lipinski definition) is 2. The standard InChI is InChI=1S/C20H24N2.Ni/c1-6-18(22-20-10-8-15(3)17(5)12-20)13-21-19-9-7-14(2)16(4)11-19;/h7-13H,6H2,1-5H3;. The normalized spacial score (nSPS) is 11.6. The molecule has 0 saturated heterocycles. The summed E-state index contributed by atoms with van der Waals surface area (Å²) in [5.74, 6) is 0. The van der Waals surface area contributed by atoms with Gasteiger partial charge in [-0.1, -0.05) is 19.1 Å². The topological polar surface area (TPSA) is 24.7 Å². The van der Waals surface area contributed by atoms with Crippen molar-refractivity contribution >= 4 is 23.3 Å². The van der Waals surface area contributed by atoms with Crippen LogP contribution in [0.1, 0.15) is 35.6 Å². The second-order valence-electron chi connectivity index (χ2n) is 5.75. The largest absolute Gasteiger partial charge is 0.255 e. The maximum absolute atomic E-state index is 4.70. The van der Waals surface area contributed by atoms with Gasteiger partial charge in [-0.15, -0.1) is 0 Å². The van der Waals surface area contributed by atoms with Gasteiger partial charge in [0.25, 0.3) is 0 Å². The minimum Gasteiger partial charge on any atom is -0.255 e. The molecular weight excluding hydrogens is 327 g/mol. The van der Waals surface area contributed by atoms with Gasteiger partial charge in [-0.25, -0.2) is 0 Å². The van der Waals surface area contributed by atoms with E-state index in [0.717, 1.165) is 23.5 Å². The van der Waals surface area contributed by atoms with E-state index >= 15 is 0 Å². The van der Waals surface area contributed by atoms with Crippen LogP contribution in [0.2, 0.25) is 0 Å². The first-order valence-corrected chi connectivity index (χ1v) is 7.75. The predicted octanol–water partition coefficient (Wildman–Crippen LogP) is 5.80. The second kappa shape index (κ2) is 8.79. The van der Waals surface area contributed by atoms with Crippen LogP contribution >= 0.6 is 0 Å². The molecule has 124 valence electrons. The minimum atomic E-state index is 0. The number of hydrogen-bond donors (Lipinski definition) is 0. The van der Waals surface area contributed by atoms with Crippen LogP contribution in [0.5, 0.6) is 0 Å². The first kappa shape index (κ1) is 19.3. The monoisotopic (exact) mass is 350 g/mol. The summed E-state index contributed by atoms with van der Waals surface area (Å²) in [6.07, 6.45) is 2.74. The molecule has 0 atom stereocenters. The molecule has 23 heavy (non-hydrogen) atoms. The number of nitrogens with zero attached hydrogens (tertiary/aromatic N) is 2. The van der Waals surface area contributed by atoms with E-state index in [4.69, 9.17) is 4.99 Å². The third-order valence-electron chi connectivity index (χ3n) is 3.98. The zero-order valence-corrected chi connectivity index (χ0v) is 15.4. The number of aliphatic imine (C=N–C) groups is 2. The molecule has 3 heteroatoms. The van der Waals surface area contributed by atoms with E-state index < -0.39 is 0 Å². The second-order valence-corrected chi connectivity index (χ2v) is 5.75. The van der Waals surface area contributed by atoms with Gasteiger partial charge in [-0.05, 0) is 80.6 Å². The van der Waals surface area contributed by atoms with Crippen molar-refractivity contribution in [3.8, 4) is 0 Å². The van der Waals surface area contributed by atoms with Crippen LogP contribution in [0, 0.1) is 27.7 Å². The molecule has 0 N–H and O–H groups in total. The van der Waals surface area contributed by atoms with Crippen LogP contribution in [0.25, 0.3) is 0 Å². The summed E-state index contributed by atoms with van der Waals surface area (Å²) in [4.78, 5) is 9.26. The van der Waals surface area contributed by atoms with Crippen molar-refractivity contribution in [3.63, 3.8) is 0 Å². The van der Waals surface area contributed by atoms with Crippen LogP contribution in [0.15, 0.2) is 46.4 Å². The van der Waals surface area contributed by atoms with Gasteiger partial charge < -0.3 is 0 Å². The van der Waals surface area contributed by atoms with E-state index in [-0.39, 0.29) is 16.5 Å². The molecule has 2 rings (SSSR count). The van der Waals surface area contributed by atoms with Gasteiger partial charge in [0.2, 0.25) is 0 Å². The van der Waals surface area contributed by atoms with Crippen LogP contribution in [-0.2, 0) is 16.5 Å². The fraction of sp³-hybridized carbons (Fsp3) is 0.300. The van der Waals surface area contributed by atoms with Crippen LogP contribution < -0.4 is 0 Å². The molecule has 2 aromatic rings. The van der Waals surface area contributed by atoms with Gasteiger partial charge >= 0.3 is 0 Å². The molecule has 0 saturated carbocycles. The first-order chi connectivity index (χ1) is 10.5. The van der Waals surface area contributed by atoms with E-state index in [1.54, 1.807) is 0 Å². The quantitative estimate of drug-likeness (QED) is 0.491. The van der Waals surface area contributed by atoms with Gasteiger partial charge in [-0.3, -0.25) is 9.98 Å². The third kappa shape index (κ3) is 5.44. The zero-order valence-electron chi connectivity index (χ0n) is 14.5. The van der Waals surface area contributed by atoms with Crippen LogP contribution in [0.4, 0.5) is 11.4 Å². The van der Waals surface area contributed by atoms with Crippen molar-refractivity contribution < 1.29 is 16.5 Å². The molecule has 0 aliphatic carbocycles. The molecule has 0 aliphatic rings. The Kier molecular flexibility index (Phi) is 7.38. The Labute approximate surface area is 149 Å². The Balaban J connectivity index is 0.00000264. The Morgan fingerprint density at radius 2 is 1.35 bits per heavy atom. The summed E-state index contributed by atoms with van der Waals surface area (Å²) < 4.78 is 0. The van der Waals surface area contributed by atoms with Gasteiger partial charge in [0, 0.05) is 22.7 Å². The summed E-state index contributed by atoms with van der Waals surface area (Å²) in [5, 5.41) is 0. The van der Waals surface area contributed by atoms with E-state index in [1.807, 2.05) is 12.3 Å². The first-order valence-electron chi connectivity index (χ1n) is 7.75. The average Bonchev–Trinajstić information content (AvgIpc) is 2.50. The van der Waals surface area contributed by atoms with Gasteiger partial charge in [0.05, 0.1) is 17.1 Å². The van der Waals surface area contributed by atoms with Crippen molar-refractivity contribution in [1.82, 2.24) is 0 Å². The van der Waals surface area contributed by atoms with E-state index in [2.05, 4.69) is 69.9 Å². The van der Waals surface area contributed by atoms with Gasteiger partial charge in [-0.2, -0.15) is 0 Å². The molecule has 2 aromatic carbocycles. The fourth-order valence-electron chi connectivity index (χ4n) is 2.12. The summed E-state index contributed by atoms with van der Waals surface area (Å²) in [5.41, 5.74) is 8.07. The van der Waals surface area contributed by atoms with Gasteiger partial charge in [0.1, 0.15) is 0 Å². The predicted molar refractivity (Wildman–Crippen MR) is 97.4 cm³/mol. The summed E-state index contributed by atoms with van der Waals surface area (Å²) in [6.45, 7) is 10.6. The number of benzene rings is 2. The van der Waals surface area contributed by atoms with Crippen LogP contribution in [0.3, 0.4) is 0 Å². The molecular formula is C20H24N2Ni. The molecule has 0 heterocycles. The molecule has 0 radical (unpaired) electrons. The molecule has 0 bridgehead atoms. The molecule has 0 aromatic heterocycles. The molecule has 0 spiro atoms. The van der Waals surface area contributed by atoms with Gasteiger partial charge in [0.15, 0.2) is 0 Å². The molecule has 2 nitrogen and oxygen atoms in total. The Bertz CT molecular complexity index is 730. The summed E-state index contributed by atoms with van der Waals surface area (Å²) in [6, 6.07) is 12.5. The average molecular weight is 351 g/mol. The van der Waals surface area contributed by atoms with E-state index in [0.29, 0.717) is 0 Å². The molecule has 0 fully saturated rings.